The average Bonchev–Trinajstić information content (AvgIpc) is 2.89. The van der Waals surface area contributed by atoms with Crippen LogP contribution in [-0.2, 0) is 0 Å². The predicted octanol–water partition coefficient (Wildman–Crippen LogP) is 3.73. The highest BCUT2D eigenvalue weighted by molar-refractivity contribution is 5.99. The molecule has 3 heterocycles. The van der Waals surface area contributed by atoms with E-state index in [9.17, 15) is 5.26 Å². The molecule has 0 fully saturated rings. The first kappa shape index (κ1) is 12.5. The minimum Gasteiger partial charge on any atom is -0.312 e. The zero-order chi connectivity index (χ0) is 15.1. The lowest BCUT2D eigenvalue weighted by atomic mass is 10.1. The Morgan fingerprint density at radius 1 is 1.05 bits per heavy atom. The summed E-state index contributed by atoms with van der Waals surface area (Å²) in [5, 5.41) is 9.50. The van der Waals surface area contributed by atoms with Crippen molar-refractivity contribution < 1.29 is 0 Å². The van der Waals surface area contributed by atoms with E-state index in [0.29, 0.717) is 11.1 Å². The van der Waals surface area contributed by atoms with Gasteiger partial charge in [-0.3, -0.25) is 0 Å². The van der Waals surface area contributed by atoms with Gasteiger partial charge >= 0.3 is 0 Å². The summed E-state index contributed by atoms with van der Waals surface area (Å²) < 4.78 is 1.99. The molecule has 4 rings (SSSR count). The number of aryl methyl sites for hydroxylation is 1. The summed E-state index contributed by atoms with van der Waals surface area (Å²) in [6.45, 7) is 2.06. The Kier molecular flexibility index (Phi) is 2.67. The maximum Gasteiger partial charge on any atom is 0.116 e. The minimum absolute atomic E-state index is 0.589. The van der Waals surface area contributed by atoms with Crippen molar-refractivity contribution in [3.8, 4) is 17.3 Å². The molecule has 0 saturated heterocycles. The van der Waals surface area contributed by atoms with Crippen molar-refractivity contribution in [1.29, 1.82) is 5.26 Å². The van der Waals surface area contributed by atoms with E-state index in [1.54, 1.807) is 0 Å². The third kappa shape index (κ3) is 1.69. The van der Waals surface area contributed by atoms with E-state index in [2.05, 4.69) is 35.1 Å². The van der Waals surface area contributed by atoms with Gasteiger partial charge in [-0.25, -0.2) is 9.97 Å². The normalized spacial score (nSPS) is 10.9. The number of nitriles is 1. The highest BCUT2D eigenvalue weighted by Gasteiger charge is 2.17. The number of aromatic nitrogens is 3. The summed E-state index contributed by atoms with van der Waals surface area (Å²) >= 11 is 0. The number of rotatable bonds is 1. The molecule has 0 radical (unpaired) electrons. The molecular formula is C18H12N4. The van der Waals surface area contributed by atoms with Gasteiger partial charge < -0.3 is 4.40 Å². The molecule has 0 aliphatic heterocycles. The Balaban J connectivity index is 2.17. The lowest BCUT2D eigenvalue weighted by Gasteiger charge is -2.04. The Hall–Kier alpha value is -3.19. The van der Waals surface area contributed by atoms with Crippen LogP contribution in [0.15, 0.2) is 55.0 Å². The summed E-state index contributed by atoms with van der Waals surface area (Å²) in [6.07, 6.45) is 3.47. The van der Waals surface area contributed by atoms with Crippen molar-refractivity contribution in [2.24, 2.45) is 0 Å². The summed E-state index contributed by atoms with van der Waals surface area (Å²) in [7, 11) is 0. The molecule has 0 atom stereocenters. The molecule has 0 unspecified atom stereocenters. The SMILES string of the molecule is Cc1ccc(-c2ncnc3c(C#N)c4ccccn4c23)cc1. The Bertz CT molecular complexity index is 1040. The van der Waals surface area contributed by atoms with E-state index in [0.717, 1.165) is 22.3 Å². The molecule has 3 aromatic heterocycles. The maximum absolute atomic E-state index is 9.50. The van der Waals surface area contributed by atoms with Gasteiger partial charge in [0, 0.05) is 11.8 Å². The van der Waals surface area contributed by atoms with Gasteiger partial charge in [-0.05, 0) is 19.1 Å². The van der Waals surface area contributed by atoms with Crippen LogP contribution < -0.4 is 0 Å². The van der Waals surface area contributed by atoms with Gasteiger partial charge in [-0.1, -0.05) is 35.9 Å². The van der Waals surface area contributed by atoms with E-state index < -0.39 is 0 Å². The van der Waals surface area contributed by atoms with Crippen molar-refractivity contribution in [3.63, 3.8) is 0 Å². The number of pyridine rings is 1. The topological polar surface area (TPSA) is 54.0 Å². The second-order valence-electron chi connectivity index (χ2n) is 5.23. The Morgan fingerprint density at radius 2 is 1.86 bits per heavy atom. The molecule has 0 bridgehead atoms. The molecule has 4 heteroatoms. The van der Waals surface area contributed by atoms with E-state index >= 15 is 0 Å². The number of nitrogens with zero attached hydrogens (tertiary/aromatic N) is 4. The first-order chi connectivity index (χ1) is 10.8. The zero-order valence-electron chi connectivity index (χ0n) is 12.0. The summed E-state index contributed by atoms with van der Waals surface area (Å²) in [5.41, 5.74) is 6.07. The number of benzene rings is 1. The van der Waals surface area contributed by atoms with Gasteiger partial charge in [0.2, 0.25) is 0 Å². The fourth-order valence-corrected chi connectivity index (χ4v) is 2.79. The van der Waals surface area contributed by atoms with Crippen LogP contribution >= 0.6 is 0 Å². The average molecular weight is 284 g/mol. The first-order valence-electron chi connectivity index (χ1n) is 7.00. The van der Waals surface area contributed by atoms with Gasteiger partial charge in [-0.15, -0.1) is 0 Å². The summed E-state index contributed by atoms with van der Waals surface area (Å²) in [6, 6.07) is 16.3. The van der Waals surface area contributed by atoms with Crippen molar-refractivity contribution in [3.05, 3.63) is 66.1 Å². The van der Waals surface area contributed by atoms with Gasteiger partial charge in [0.05, 0.1) is 16.7 Å². The largest absolute Gasteiger partial charge is 0.312 e. The van der Waals surface area contributed by atoms with Crippen LogP contribution in [0.5, 0.6) is 0 Å². The maximum atomic E-state index is 9.50. The van der Waals surface area contributed by atoms with E-state index in [4.69, 9.17) is 0 Å². The number of hydrogen-bond donors (Lipinski definition) is 0. The highest BCUT2D eigenvalue weighted by atomic mass is 15.0. The van der Waals surface area contributed by atoms with E-state index in [1.165, 1.54) is 11.9 Å². The second-order valence-corrected chi connectivity index (χ2v) is 5.23. The molecule has 22 heavy (non-hydrogen) atoms. The highest BCUT2D eigenvalue weighted by Crippen LogP contribution is 2.31. The molecule has 0 aliphatic carbocycles. The fourth-order valence-electron chi connectivity index (χ4n) is 2.79. The number of fused-ring (bicyclic) bond motifs is 3. The third-order valence-electron chi connectivity index (χ3n) is 3.85. The second kappa shape index (κ2) is 4.68. The van der Waals surface area contributed by atoms with Gasteiger partial charge in [0.25, 0.3) is 0 Å². The van der Waals surface area contributed by atoms with E-state index in [1.807, 2.05) is 40.9 Å². The van der Waals surface area contributed by atoms with Crippen LogP contribution in [0.25, 0.3) is 27.8 Å². The first-order valence-corrected chi connectivity index (χ1v) is 7.00. The van der Waals surface area contributed by atoms with Crippen molar-refractivity contribution in [1.82, 2.24) is 14.4 Å². The predicted molar refractivity (Wildman–Crippen MR) is 85.4 cm³/mol. The molecule has 0 spiro atoms. The van der Waals surface area contributed by atoms with Gasteiger partial charge in [-0.2, -0.15) is 5.26 Å². The van der Waals surface area contributed by atoms with Crippen LogP contribution in [0.1, 0.15) is 11.1 Å². The van der Waals surface area contributed by atoms with Crippen LogP contribution in [0.4, 0.5) is 0 Å². The van der Waals surface area contributed by atoms with Crippen LogP contribution in [0.2, 0.25) is 0 Å². The lowest BCUT2D eigenvalue weighted by molar-refractivity contribution is 1.18. The molecule has 0 aliphatic rings. The molecule has 4 aromatic rings. The smallest absolute Gasteiger partial charge is 0.116 e. The molecule has 0 saturated carbocycles. The summed E-state index contributed by atoms with van der Waals surface area (Å²) in [5.74, 6) is 0. The van der Waals surface area contributed by atoms with Crippen molar-refractivity contribution in [2.45, 2.75) is 6.92 Å². The zero-order valence-corrected chi connectivity index (χ0v) is 12.0. The minimum atomic E-state index is 0.589. The fraction of sp³-hybridized carbons (Fsp3) is 0.0556. The molecule has 0 amide bonds. The molecule has 4 nitrogen and oxygen atoms in total. The Morgan fingerprint density at radius 3 is 2.64 bits per heavy atom. The monoisotopic (exact) mass is 284 g/mol. The molecular weight excluding hydrogens is 272 g/mol. The lowest BCUT2D eigenvalue weighted by Crippen LogP contribution is -1.91. The van der Waals surface area contributed by atoms with Crippen LogP contribution in [0, 0.1) is 18.3 Å². The molecule has 104 valence electrons. The summed E-state index contributed by atoms with van der Waals surface area (Å²) in [4.78, 5) is 8.80. The van der Waals surface area contributed by atoms with E-state index in [-0.39, 0.29) is 0 Å². The van der Waals surface area contributed by atoms with Crippen molar-refractivity contribution in [2.75, 3.05) is 0 Å². The third-order valence-corrected chi connectivity index (χ3v) is 3.85. The quantitative estimate of drug-likeness (QED) is 0.535. The Labute approximate surface area is 127 Å². The van der Waals surface area contributed by atoms with Gasteiger partial charge in [0.15, 0.2) is 0 Å². The number of hydrogen-bond acceptors (Lipinski definition) is 3. The van der Waals surface area contributed by atoms with Crippen LogP contribution in [0.3, 0.4) is 0 Å². The molecule has 1 aromatic carbocycles. The molecule has 0 N–H and O–H groups in total. The van der Waals surface area contributed by atoms with Gasteiger partial charge in [0.1, 0.15) is 23.5 Å². The van der Waals surface area contributed by atoms with Crippen molar-refractivity contribution >= 4 is 16.6 Å². The standard InChI is InChI=1S/C18H12N4/c1-12-5-7-13(8-6-12)16-18-17(21-11-20-16)14(10-19)15-4-2-3-9-22(15)18/h2-9,11H,1H3. The van der Waals surface area contributed by atoms with Crippen LogP contribution in [-0.4, -0.2) is 14.4 Å².